The number of hydrogen-bond donors (Lipinski definition) is 1. The Kier molecular flexibility index (Phi) is 1.87. The van der Waals surface area contributed by atoms with Gasteiger partial charge in [0.1, 0.15) is 0 Å². The second kappa shape index (κ2) is 2.58. The summed E-state index contributed by atoms with van der Waals surface area (Å²) in [5.41, 5.74) is -1.98. The van der Waals surface area contributed by atoms with Crippen LogP contribution in [0.3, 0.4) is 0 Å². The lowest BCUT2D eigenvalue weighted by atomic mass is 10.1. The van der Waals surface area contributed by atoms with Crippen molar-refractivity contribution < 1.29 is 18.8 Å². The standard InChI is InChI=1S/C7H8FNO3/c1-7(2,8)5-3-4(6(10)11)9-12-5/h3H,1-2H3,(H,10,11). The number of carbonyl (C=O) groups is 1. The minimum absolute atomic E-state index is 0.0834. The van der Waals surface area contributed by atoms with E-state index in [2.05, 4.69) is 9.68 Å². The van der Waals surface area contributed by atoms with Crippen molar-refractivity contribution in [1.82, 2.24) is 5.16 Å². The fraction of sp³-hybridized carbons (Fsp3) is 0.429. The topological polar surface area (TPSA) is 63.3 Å². The summed E-state index contributed by atoms with van der Waals surface area (Å²) in [5.74, 6) is -1.31. The van der Waals surface area contributed by atoms with Gasteiger partial charge in [0.25, 0.3) is 0 Å². The molecule has 1 N–H and O–H groups in total. The highest BCUT2D eigenvalue weighted by atomic mass is 19.1. The number of aromatic carboxylic acids is 1. The smallest absolute Gasteiger partial charge is 0.358 e. The fourth-order valence-corrected chi connectivity index (χ4v) is 0.656. The van der Waals surface area contributed by atoms with E-state index in [1.807, 2.05) is 0 Å². The van der Waals surface area contributed by atoms with E-state index < -0.39 is 11.6 Å². The lowest BCUT2D eigenvalue weighted by Crippen LogP contribution is -2.07. The summed E-state index contributed by atoms with van der Waals surface area (Å²) in [6.45, 7) is 2.53. The fourth-order valence-electron chi connectivity index (χ4n) is 0.656. The second-order valence-electron chi connectivity index (χ2n) is 2.85. The summed E-state index contributed by atoms with van der Waals surface area (Å²) in [7, 11) is 0. The van der Waals surface area contributed by atoms with Crippen LogP contribution in [0.25, 0.3) is 0 Å². The maximum absolute atomic E-state index is 13.1. The van der Waals surface area contributed by atoms with Crippen LogP contribution in [0.15, 0.2) is 10.6 Å². The van der Waals surface area contributed by atoms with E-state index in [0.29, 0.717) is 0 Å². The van der Waals surface area contributed by atoms with Crippen molar-refractivity contribution in [3.63, 3.8) is 0 Å². The Morgan fingerprint density at radius 2 is 2.33 bits per heavy atom. The van der Waals surface area contributed by atoms with E-state index >= 15 is 0 Å². The maximum atomic E-state index is 13.1. The van der Waals surface area contributed by atoms with Gasteiger partial charge in [-0.2, -0.15) is 0 Å². The number of rotatable bonds is 2. The molecule has 0 saturated carbocycles. The minimum atomic E-state index is -1.69. The van der Waals surface area contributed by atoms with Gasteiger partial charge in [-0.1, -0.05) is 5.16 Å². The highest BCUT2D eigenvalue weighted by Crippen LogP contribution is 2.24. The average molecular weight is 173 g/mol. The quantitative estimate of drug-likeness (QED) is 0.737. The Hall–Kier alpha value is -1.39. The zero-order chi connectivity index (χ0) is 9.35. The van der Waals surface area contributed by atoms with E-state index in [1.54, 1.807) is 0 Å². The van der Waals surface area contributed by atoms with E-state index in [0.717, 1.165) is 6.07 Å². The molecule has 0 bridgehead atoms. The number of carboxylic acids is 1. The van der Waals surface area contributed by atoms with Gasteiger partial charge in [0.05, 0.1) is 0 Å². The highest BCUT2D eigenvalue weighted by molar-refractivity contribution is 5.85. The van der Waals surface area contributed by atoms with Crippen molar-refractivity contribution in [3.05, 3.63) is 17.5 Å². The molecule has 4 nitrogen and oxygen atoms in total. The van der Waals surface area contributed by atoms with Gasteiger partial charge < -0.3 is 9.63 Å². The average Bonchev–Trinajstić information content (AvgIpc) is 2.30. The molecule has 1 heterocycles. The number of nitrogens with zero attached hydrogens (tertiary/aromatic N) is 1. The monoisotopic (exact) mass is 173 g/mol. The molecule has 66 valence electrons. The Morgan fingerprint density at radius 1 is 1.75 bits per heavy atom. The predicted molar refractivity (Wildman–Crippen MR) is 37.6 cm³/mol. The Labute approximate surface area is 68.0 Å². The first-order valence-corrected chi connectivity index (χ1v) is 3.30. The van der Waals surface area contributed by atoms with E-state index in [-0.39, 0.29) is 11.5 Å². The molecule has 5 heteroatoms. The predicted octanol–water partition coefficient (Wildman–Crippen LogP) is 1.58. The second-order valence-corrected chi connectivity index (χ2v) is 2.85. The number of carboxylic acid groups (broad SMARTS) is 1. The molecule has 0 fully saturated rings. The van der Waals surface area contributed by atoms with Crippen LogP contribution in [-0.2, 0) is 5.67 Å². The Balaban J connectivity index is 3.00. The van der Waals surface area contributed by atoms with Crippen LogP contribution in [0.5, 0.6) is 0 Å². The molecule has 0 atom stereocenters. The summed E-state index contributed by atoms with van der Waals surface area (Å²) < 4.78 is 17.6. The molecule has 12 heavy (non-hydrogen) atoms. The third-order valence-electron chi connectivity index (χ3n) is 1.32. The van der Waals surface area contributed by atoms with Crippen LogP contribution in [0.2, 0.25) is 0 Å². The molecule has 0 spiro atoms. The maximum Gasteiger partial charge on any atom is 0.358 e. The number of alkyl halides is 1. The van der Waals surface area contributed by atoms with Crippen LogP contribution in [-0.4, -0.2) is 16.2 Å². The first-order chi connectivity index (χ1) is 5.41. The number of halogens is 1. The van der Waals surface area contributed by atoms with Crippen molar-refractivity contribution >= 4 is 5.97 Å². The minimum Gasteiger partial charge on any atom is -0.476 e. The number of hydrogen-bond acceptors (Lipinski definition) is 3. The van der Waals surface area contributed by atoms with Gasteiger partial charge in [0.2, 0.25) is 0 Å². The summed E-state index contributed by atoms with van der Waals surface area (Å²) in [6.07, 6.45) is 0. The van der Waals surface area contributed by atoms with Crippen LogP contribution in [0, 0.1) is 0 Å². The number of aromatic nitrogens is 1. The molecule has 1 aromatic rings. The van der Waals surface area contributed by atoms with Gasteiger partial charge in [0, 0.05) is 6.07 Å². The van der Waals surface area contributed by atoms with E-state index in [4.69, 9.17) is 5.11 Å². The molecular weight excluding hydrogens is 165 g/mol. The summed E-state index contributed by atoms with van der Waals surface area (Å²) in [4.78, 5) is 10.3. The third kappa shape index (κ3) is 1.61. The molecule has 0 aliphatic heterocycles. The van der Waals surface area contributed by atoms with Gasteiger partial charge in [-0.3, -0.25) is 0 Å². The molecule has 0 aliphatic rings. The van der Waals surface area contributed by atoms with Gasteiger partial charge in [-0.25, -0.2) is 9.18 Å². The molecule has 0 amide bonds. The molecule has 0 aromatic carbocycles. The highest BCUT2D eigenvalue weighted by Gasteiger charge is 2.25. The molecule has 0 unspecified atom stereocenters. The molecule has 0 aliphatic carbocycles. The van der Waals surface area contributed by atoms with Crippen molar-refractivity contribution in [2.45, 2.75) is 19.5 Å². The summed E-state index contributed by atoms with van der Waals surface area (Å²) >= 11 is 0. The lowest BCUT2D eigenvalue weighted by Gasteiger charge is -2.06. The molecule has 0 saturated heterocycles. The van der Waals surface area contributed by atoms with E-state index in [9.17, 15) is 9.18 Å². The van der Waals surface area contributed by atoms with Crippen molar-refractivity contribution in [2.75, 3.05) is 0 Å². The van der Waals surface area contributed by atoms with Crippen LogP contribution in [0.1, 0.15) is 30.1 Å². The summed E-state index contributed by atoms with van der Waals surface area (Å²) in [6, 6.07) is 1.07. The zero-order valence-electron chi connectivity index (χ0n) is 6.67. The third-order valence-corrected chi connectivity index (χ3v) is 1.32. The molecule has 1 aromatic heterocycles. The first kappa shape index (κ1) is 8.70. The van der Waals surface area contributed by atoms with Gasteiger partial charge in [-0.15, -0.1) is 0 Å². The van der Waals surface area contributed by atoms with Crippen molar-refractivity contribution in [1.29, 1.82) is 0 Å². The van der Waals surface area contributed by atoms with Gasteiger partial charge in [0.15, 0.2) is 17.1 Å². The lowest BCUT2D eigenvalue weighted by molar-refractivity contribution is 0.0684. The molecular formula is C7H8FNO3. The SMILES string of the molecule is CC(C)(F)c1cc(C(=O)O)no1. The van der Waals surface area contributed by atoms with Crippen molar-refractivity contribution in [3.8, 4) is 0 Å². The van der Waals surface area contributed by atoms with Gasteiger partial charge in [-0.05, 0) is 13.8 Å². The zero-order valence-corrected chi connectivity index (χ0v) is 6.67. The normalized spacial score (nSPS) is 11.6. The summed E-state index contributed by atoms with van der Waals surface area (Å²) in [5, 5.41) is 11.6. The Morgan fingerprint density at radius 3 is 2.58 bits per heavy atom. The largest absolute Gasteiger partial charge is 0.476 e. The van der Waals surface area contributed by atoms with Crippen molar-refractivity contribution in [2.24, 2.45) is 0 Å². The van der Waals surface area contributed by atoms with Crippen LogP contribution in [0.4, 0.5) is 4.39 Å². The molecule has 1 rings (SSSR count). The Bertz CT molecular complexity index is 300. The van der Waals surface area contributed by atoms with Crippen LogP contribution < -0.4 is 0 Å². The van der Waals surface area contributed by atoms with Gasteiger partial charge >= 0.3 is 5.97 Å². The van der Waals surface area contributed by atoms with Crippen LogP contribution >= 0.6 is 0 Å². The first-order valence-electron chi connectivity index (χ1n) is 3.30. The molecule has 0 radical (unpaired) electrons. The van der Waals surface area contributed by atoms with E-state index in [1.165, 1.54) is 13.8 Å².